The molecule has 34 heteroatoms. The Kier molecular flexibility index (Phi) is 37.6. The number of fused-ring (bicyclic) bond motifs is 7. The number of methoxy groups -OCH3 is 2. The second kappa shape index (κ2) is 47.5. The predicted octanol–water partition coefficient (Wildman–Crippen LogP) is 7.91. The molecule has 0 aliphatic carbocycles. The molecule has 0 radical (unpaired) electrons. The molecular weight excluding hydrogens is 1590 g/mol. The Balaban J connectivity index is 0.691. The number of esters is 1. The van der Waals surface area contributed by atoms with Crippen molar-refractivity contribution in [2.45, 2.75) is 186 Å². The number of epoxide rings is 1. The van der Waals surface area contributed by atoms with Crippen LogP contribution in [-0.4, -0.2) is 235 Å². The summed E-state index contributed by atoms with van der Waals surface area (Å²) in [6.45, 7) is 12.8. The minimum atomic E-state index is -1.90. The van der Waals surface area contributed by atoms with E-state index in [0.29, 0.717) is 67.2 Å². The van der Waals surface area contributed by atoms with E-state index in [1.807, 2.05) is 61.5 Å². The van der Waals surface area contributed by atoms with Gasteiger partial charge in [0.25, 0.3) is 0 Å². The minimum absolute atomic E-state index is 0.00867. The van der Waals surface area contributed by atoms with Crippen LogP contribution in [0.4, 0.5) is 31.4 Å². The van der Waals surface area contributed by atoms with Gasteiger partial charge in [0.05, 0.1) is 90.4 Å². The summed E-state index contributed by atoms with van der Waals surface area (Å²) in [7, 11) is 5.87. The molecule has 33 nitrogen and oxygen atoms in total. The molecule has 10 atom stereocenters. The van der Waals surface area contributed by atoms with Gasteiger partial charge in [-0.15, -0.1) is 0 Å². The third-order valence-corrected chi connectivity index (χ3v) is 21.6. The van der Waals surface area contributed by atoms with Crippen LogP contribution >= 0.6 is 11.6 Å². The number of ether oxygens (including phenoxy) is 10. The summed E-state index contributed by atoms with van der Waals surface area (Å²) in [6, 6.07) is 21.8. The third kappa shape index (κ3) is 29.3. The van der Waals surface area contributed by atoms with E-state index < -0.39 is 120 Å². The zero-order valence-electron chi connectivity index (χ0n) is 70.4. The van der Waals surface area contributed by atoms with Gasteiger partial charge in [-0.2, -0.15) is 0 Å². The van der Waals surface area contributed by atoms with Crippen LogP contribution in [0, 0.1) is 23.7 Å². The molecule has 0 unspecified atom stereocenters. The molecule has 9 N–H and O–H groups in total. The minimum Gasteiger partial charge on any atom is -0.495 e. The number of hydrogen-bond donors (Lipinski definition) is 9. The number of aliphatic hydroxyl groups is 1. The van der Waals surface area contributed by atoms with Crippen LogP contribution in [0.1, 0.15) is 140 Å². The first-order valence-corrected chi connectivity index (χ1v) is 41.1. The van der Waals surface area contributed by atoms with E-state index >= 15 is 0 Å². The maximum absolute atomic E-state index is 14.5. The van der Waals surface area contributed by atoms with E-state index in [-0.39, 0.29) is 140 Å². The number of carbonyl (C=O) groups is 11. The fourth-order valence-corrected chi connectivity index (χ4v) is 14.2. The third-order valence-electron chi connectivity index (χ3n) is 21.2. The Morgan fingerprint density at radius 3 is 2.12 bits per heavy atom. The summed E-state index contributed by atoms with van der Waals surface area (Å²) in [5.41, 5.74) is 2.89. The lowest BCUT2D eigenvalue weighted by atomic mass is 9.83. The average Bonchev–Trinajstić information content (AvgIpc) is 1.57. The van der Waals surface area contributed by atoms with E-state index in [0.717, 1.165) is 27.8 Å². The molecule has 0 saturated carbocycles. The van der Waals surface area contributed by atoms with E-state index in [4.69, 9.17) is 64.1 Å². The highest BCUT2D eigenvalue weighted by atomic mass is 35.5. The number of nitrogens with zero attached hydrogens (tertiary/aromatic N) is 3. The van der Waals surface area contributed by atoms with Crippen molar-refractivity contribution in [3.05, 3.63) is 142 Å². The van der Waals surface area contributed by atoms with Crippen LogP contribution < -0.4 is 51.8 Å². The molecule has 4 aliphatic rings. The molecule has 2 saturated heterocycles. The highest BCUT2D eigenvalue weighted by Crippen LogP contribution is 2.49. The van der Waals surface area contributed by atoms with Crippen LogP contribution in [0.25, 0.3) is 0 Å². The van der Waals surface area contributed by atoms with E-state index in [2.05, 4.69) is 49.1 Å². The fourth-order valence-electron chi connectivity index (χ4n) is 13.9. The molecule has 0 spiro atoms. The molecule has 121 heavy (non-hydrogen) atoms. The number of amides is 10. The highest BCUT2D eigenvalue weighted by molar-refractivity contribution is 6.35. The molecular formula is C87H115ClN10O23. The maximum Gasteiger partial charge on any atom is 0.409 e. The van der Waals surface area contributed by atoms with Gasteiger partial charge in [-0.05, 0) is 118 Å². The number of allylic oxidation sites excluding steroid dienone is 3. The van der Waals surface area contributed by atoms with Crippen LogP contribution in [0.5, 0.6) is 5.75 Å². The van der Waals surface area contributed by atoms with Crippen molar-refractivity contribution < 1.29 is 110 Å². The van der Waals surface area contributed by atoms with Gasteiger partial charge in [-0.1, -0.05) is 117 Å². The first-order chi connectivity index (χ1) is 57.9. The smallest absolute Gasteiger partial charge is 0.409 e. The Bertz CT molecular complexity index is 4360. The molecule has 4 heterocycles. The van der Waals surface area contributed by atoms with E-state index in [1.165, 1.54) is 38.0 Å². The van der Waals surface area contributed by atoms with Crippen molar-refractivity contribution in [3.8, 4) is 17.6 Å². The van der Waals surface area contributed by atoms with Crippen molar-refractivity contribution in [1.29, 1.82) is 0 Å². The molecule has 2 fully saturated rings. The monoisotopic (exact) mass is 1700 g/mol. The zero-order valence-corrected chi connectivity index (χ0v) is 71.1. The quantitative estimate of drug-likeness (QED) is 0.00669. The summed E-state index contributed by atoms with van der Waals surface area (Å²) in [5, 5.41) is 39.7. The number of hydrogen-bond acceptors (Lipinski definition) is 22. The summed E-state index contributed by atoms with van der Waals surface area (Å²) in [6.07, 6.45) is -0.111. The number of rotatable bonds is 41. The molecule has 10 amide bonds. The highest BCUT2D eigenvalue weighted by Gasteiger charge is 2.64. The largest absolute Gasteiger partial charge is 0.495 e. The number of carboxylic acid groups (broad SMARTS) is 1. The number of unbranched alkanes of at least 4 members (excludes halogenated alkanes) is 2. The number of carbonyl (C=O) groups excluding carboxylic acids is 10. The summed E-state index contributed by atoms with van der Waals surface area (Å²) < 4.78 is 57.3. The Labute approximate surface area is 710 Å². The van der Waals surface area contributed by atoms with Crippen molar-refractivity contribution in [1.82, 2.24) is 36.8 Å². The van der Waals surface area contributed by atoms with Crippen molar-refractivity contribution >= 4 is 94.3 Å². The predicted molar refractivity (Wildman–Crippen MR) is 447 cm³/mol. The van der Waals surface area contributed by atoms with Crippen molar-refractivity contribution in [2.24, 2.45) is 11.8 Å². The number of benzene rings is 4. The summed E-state index contributed by atoms with van der Waals surface area (Å²) in [4.78, 5) is 150. The number of para-hydroxylation sites is 1. The zero-order chi connectivity index (χ0) is 87.8. The standard InChI is InChI=1S/C87H115ClN10O23/c1-55(2)78(94-73(100)36-40-114-42-44-116-46-47-117-45-43-115-41-39-89-72(99)34-35-75(102)98-53-63-23-14-13-21-61(63)30-31-62-22-15-16-25-66(62)98)81(105)93-65(24-19-38-90-83(107)108)80(104)92-64-32-28-59(29-33-64)54-118-84(109)91-37-17-11-12-27-74(101)96(7)58(5)82(106)120-71-51-76(103)97(8)67-49-60(50-68(112-9)77(67)88)48-56(3)20-18-26-70(113-10)87(111)52-69(119-85(110)95-87)57(4)79-86(71,6)121-79/h13-16,18,20-23,25-26,28-29,32-33,49-50,55,57-58,65,69-71,78-79,90,111H,11-12,17,19,24,27,34-48,51-54H2,1-10H3,(H,89,99)(H,91,109)(H,92,104)(H,93,105)(H,94,100)(H,95,110)(H,107,108)/b26-18-,56-20-/t57-,58+,65+,69+,70-,71+,78+,79+,86+,87+/m1/s1. The first kappa shape index (κ1) is 95.8. The second-order valence-electron chi connectivity index (χ2n) is 30.6. The van der Waals surface area contributed by atoms with E-state index in [1.54, 1.807) is 88.2 Å². The van der Waals surface area contributed by atoms with Gasteiger partial charge in [0, 0.05) is 95.7 Å². The number of alkyl carbamates (subject to hydrolysis) is 2. The van der Waals surface area contributed by atoms with Crippen LogP contribution in [0.3, 0.4) is 0 Å². The van der Waals surface area contributed by atoms with Gasteiger partial charge in [-0.3, -0.25) is 38.9 Å². The average molecular weight is 1700 g/mol. The molecule has 4 aliphatic heterocycles. The first-order valence-electron chi connectivity index (χ1n) is 40.7. The van der Waals surface area contributed by atoms with Gasteiger partial charge in [-0.25, -0.2) is 19.2 Å². The molecule has 4 bridgehead atoms. The number of anilines is 3. The SMILES string of the molecule is COc1cc2cc(c1Cl)N(C)C(=O)C[C@H](OC(=O)[C@H](C)N(C)C(=O)CCCCCNC(=O)OCc1ccc(NC(=O)[C@H](CCCNC(=O)O)NC(=O)[C@@H](NC(=O)CCOCCOCCOCCOCCNC(=O)CCC(=O)N3Cc4ccccc4C#Cc4ccccc43)C(C)C)cc1)[C@]1(C)O[C@H]1[C@H](C)[C@@H]1C[C@@](O)(NC(=O)O1)[C@H](OC)/C=C\C=C(\C)C2. The van der Waals surface area contributed by atoms with Gasteiger partial charge >= 0.3 is 24.2 Å². The number of nitrogens with one attached hydrogen (secondary N) is 7. The van der Waals surface area contributed by atoms with Crippen molar-refractivity contribution in [3.63, 3.8) is 0 Å². The molecule has 4 aromatic carbocycles. The lowest BCUT2D eigenvalue weighted by Gasteiger charge is -2.42. The Hall–Kier alpha value is -10.7. The fraction of sp³-hybridized carbons (Fsp3) is 0.529. The molecule has 0 aromatic heterocycles. The molecule has 658 valence electrons. The topological polar surface area (TPSA) is 418 Å². The normalized spacial score (nSPS) is 20.7. The van der Waals surface area contributed by atoms with Gasteiger partial charge in [0.1, 0.15) is 59.4 Å². The second-order valence-corrected chi connectivity index (χ2v) is 31.0. The van der Waals surface area contributed by atoms with Crippen LogP contribution in [0.2, 0.25) is 5.02 Å². The summed E-state index contributed by atoms with van der Waals surface area (Å²) >= 11 is 6.85. The van der Waals surface area contributed by atoms with Crippen LogP contribution in [-0.2, 0) is 101 Å². The van der Waals surface area contributed by atoms with Crippen molar-refractivity contribution in [2.75, 3.05) is 116 Å². The molecule has 8 rings (SSSR count). The number of likely N-dealkylation sites (N-methyl/N-ethyl adjacent to an activating group) is 1. The summed E-state index contributed by atoms with van der Waals surface area (Å²) in [5.74, 6) is 1.82. The Morgan fingerprint density at radius 2 is 1.42 bits per heavy atom. The lowest BCUT2D eigenvalue weighted by Crippen LogP contribution is -2.63. The van der Waals surface area contributed by atoms with Crippen LogP contribution in [0.15, 0.2) is 109 Å². The molecule has 4 aromatic rings. The Morgan fingerprint density at radius 1 is 0.752 bits per heavy atom. The lowest BCUT2D eigenvalue weighted by molar-refractivity contribution is -0.162. The van der Waals surface area contributed by atoms with Gasteiger partial charge < -0.3 is 104 Å². The van der Waals surface area contributed by atoms with E-state index in [9.17, 15) is 57.8 Å². The number of halogens is 1. The van der Waals surface area contributed by atoms with Gasteiger partial charge in [0.2, 0.25) is 41.4 Å². The van der Waals surface area contributed by atoms with Gasteiger partial charge in [0.15, 0.2) is 5.72 Å². The maximum atomic E-state index is 14.5.